The van der Waals surface area contributed by atoms with Crippen LogP contribution in [0.3, 0.4) is 0 Å². The molecule has 1 aliphatic rings. The number of benzene rings is 1. The van der Waals surface area contributed by atoms with E-state index in [2.05, 4.69) is 0 Å². The Morgan fingerprint density at radius 1 is 1.44 bits per heavy atom. The van der Waals surface area contributed by atoms with Crippen LogP contribution in [-0.2, 0) is 14.9 Å². The van der Waals surface area contributed by atoms with Crippen LogP contribution in [0.25, 0.3) is 0 Å². The number of hydrogen-bond acceptors (Lipinski definition) is 3. The van der Waals surface area contributed by atoms with Crippen molar-refractivity contribution in [1.29, 1.82) is 0 Å². The number of ether oxygens (including phenoxy) is 1. The maximum absolute atomic E-state index is 13.8. The highest BCUT2D eigenvalue weighted by Crippen LogP contribution is 2.46. The maximum Gasteiger partial charge on any atom is 0.316 e. The number of rotatable bonds is 3. The average Bonchev–Trinajstić information content (AvgIpc) is 2.26. The first-order valence-electron chi connectivity index (χ1n) is 5.88. The number of carbonyl (C=O) groups excluding carboxylic acids is 1. The van der Waals surface area contributed by atoms with Crippen molar-refractivity contribution in [3.63, 3.8) is 0 Å². The molecule has 2 rings (SSSR count). The first-order valence-corrected chi connectivity index (χ1v) is 5.88. The van der Waals surface area contributed by atoms with Crippen LogP contribution in [-0.4, -0.2) is 18.6 Å². The van der Waals surface area contributed by atoms with Crippen molar-refractivity contribution < 1.29 is 18.3 Å². The van der Waals surface area contributed by atoms with Crippen LogP contribution in [0.1, 0.15) is 25.3 Å². The predicted molar refractivity (Wildman–Crippen MR) is 61.9 cm³/mol. The molecule has 5 heteroatoms. The van der Waals surface area contributed by atoms with Crippen LogP contribution in [0.4, 0.5) is 8.78 Å². The lowest BCUT2D eigenvalue weighted by Gasteiger charge is -2.44. The molecule has 0 bridgehead atoms. The van der Waals surface area contributed by atoms with E-state index in [1.807, 2.05) is 0 Å². The molecular formula is C13H15F2NO2. The molecule has 0 amide bonds. The molecule has 18 heavy (non-hydrogen) atoms. The molecule has 1 saturated carbocycles. The van der Waals surface area contributed by atoms with Gasteiger partial charge in [-0.25, -0.2) is 8.78 Å². The van der Waals surface area contributed by atoms with E-state index in [0.717, 1.165) is 12.1 Å². The molecule has 0 atom stereocenters. The second-order valence-electron chi connectivity index (χ2n) is 4.57. The summed E-state index contributed by atoms with van der Waals surface area (Å²) in [6.07, 6.45) is 0.424. The molecule has 0 saturated heterocycles. The summed E-state index contributed by atoms with van der Waals surface area (Å²) in [5, 5.41) is 0. The van der Waals surface area contributed by atoms with Crippen molar-refractivity contribution in [1.82, 2.24) is 0 Å². The summed E-state index contributed by atoms with van der Waals surface area (Å²) in [4.78, 5) is 12.0. The minimum absolute atomic E-state index is 0.173. The Morgan fingerprint density at radius 2 is 2.00 bits per heavy atom. The van der Waals surface area contributed by atoms with Gasteiger partial charge in [0.1, 0.15) is 17.0 Å². The summed E-state index contributed by atoms with van der Waals surface area (Å²) in [7, 11) is 0. The fourth-order valence-electron chi connectivity index (χ4n) is 2.53. The van der Waals surface area contributed by atoms with E-state index in [1.165, 1.54) is 6.07 Å². The third kappa shape index (κ3) is 1.88. The van der Waals surface area contributed by atoms with Crippen molar-refractivity contribution in [3.8, 4) is 0 Å². The molecule has 0 spiro atoms. The van der Waals surface area contributed by atoms with Crippen molar-refractivity contribution in [2.75, 3.05) is 6.61 Å². The predicted octanol–water partition coefficient (Wildman–Crippen LogP) is 1.89. The molecule has 0 radical (unpaired) electrons. The molecule has 98 valence electrons. The van der Waals surface area contributed by atoms with Crippen LogP contribution in [0, 0.1) is 11.6 Å². The van der Waals surface area contributed by atoms with E-state index in [4.69, 9.17) is 10.5 Å². The second kappa shape index (κ2) is 4.65. The highest BCUT2D eigenvalue weighted by molar-refractivity contribution is 5.85. The van der Waals surface area contributed by atoms with Gasteiger partial charge in [0, 0.05) is 11.6 Å². The lowest BCUT2D eigenvalue weighted by Crippen LogP contribution is -2.55. The Balaban J connectivity index is 2.45. The molecule has 1 aliphatic carbocycles. The van der Waals surface area contributed by atoms with E-state index in [0.29, 0.717) is 0 Å². The van der Waals surface area contributed by atoms with Gasteiger partial charge in [-0.3, -0.25) is 4.79 Å². The standard InChI is InChI=1S/C13H15F2NO2/c1-2-18-12(17)13(6-8(16)7-13)11-9(14)4-3-5-10(11)15/h3-5,8H,2,6-7,16H2,1H3. The Morgan fingerprint density at radius 3 is 2.44 bits per heavy atom. The number of carbonyl (C=O) groups is 1. The van der Waals surface area contributed by atoms with Gasteiger partial charge >= 0.3 is 5.97 Å². The third-order valence-corrected chi connectivity index (χ3v) is 3.33. The van der Waals surface area contributed by atoms with Crippen molar-refractivity contribution in [2.45, 2.75) is 31.2 Å². The number of hydrogen-bond donors (Lipinski definition) is 1. The molecule has 1 aromatic rings. The molecule has 2 N–H and O–H groups in total. The zero-order valence-electron chi connectivity index (χ0n) is 10.1. The summed E-state index contributed by atoms with van der Waals surface area (Å²) in [6, 6.07) is 3.33. The van der Waals surface area contributed by atoms with Gasteiger partial charge in [0.05, 0.1) is 6.61 Å². The summed E-state index contributed by atoms with van der Waals surface area (Å²) >= 11 is 0. The largest absolute Gasteiger partial charge is 0.465 e. The minimum Gasteiger partial charge on any atom is -0.465 e. The minimum atomic E-state index is -1.26. The van der Waals surface area contributed by atoms with E-state index in [-0.39, 0.29) is 31.1 Å². The van der Waals surface area contributed by atoms with Crippen LogP contribution >= 0.6 is 0 Å². The molecule has 0 aromatic heterocycles. The first-order chi connectivity index (χ1) is 8.51. The molecule has 1 aromatic carbocycles. The Hall–Kier alpha value is -1.49. The fraction of sp³-hybridized carbons (Fsp3) is 0.462. The van der Waals surface area contributed by atoms with Crippen molar-refractivity contribution in [3.05, 3.63) is 35.4 Å². The van der Waals surface area contributed by atoms with Crippen LogP contribution in [0.15, 0.2) is 18.2 Å². The topological polar surface area (TPSA) is 52.3 Å². The zero-order chi connectivity index (χ0) is 13.3. The van der Waals surface area contributed by atoms with E-state index in [9.17, 15) is 13.6 Å². The lowest BCUT2D eigenvalue weighted by atomic mass is 9.61. The smallest absolute Gasteiger partial charge is 0.316 e. The number of esters is 1. The van der Waals surface area contributed by atoms with Gasteiger partial charge < -0.3 is 10.5 Å². The van der Waals surface area contributed by atoms with Gasteiger partial charge in [-0.15, -0.1) is 0 Å². The van der Waals surface area contributed by atoms with E-state index < -0.39 is 23.0 Å². The van der Waals surface area contributed by atoms with Crippen LogP contribution < -0.4 is 5.73 Å². The second-order valence-corrected chi connectivity index (χ2v) is 4.57. The summed E-state index contributed by atoms with van der Waals surface area (Å²) < 4.78 is 32.5. The Bertz CT molecular complexity index is 450. The van der Waals surface area contributed by atoms with E-state index in [1.54, 1.807) is 6.92 Å². The number of halogens is 2. The molecule has 0 aliphatic heterocycles. The number of nitrogens with two attached hydrogens (primary N) is 1. The molecule has 3 nitrogen and oxygen atoms in total. The summed E-state index contributed by atoms with van der Waals surface area (Å²) in [5.41, 5.74) is 4.20. The molecular weight excluding hydrogens is 240 g/mol. The van der Waals surface area contributed by atoms with Gasteiger partial charge in [-0.1, -0.05) is 6.07 Å². The molecule has 1 fully saturated rings. The highest BCUT2D eigenvalue weighted by atomic mass is 19.1. The van der Waals surface area contributed by atoms with Gasteiger partial charge in [0.25, 0.3) is 0 Å². The third-order valence-electron chi connectivity index (χ3n) is 3.33. The Labute approximate surface area is 104 Å². The highest BCUT2D eigenvalue weighted by Gasteiger charge is 2.54. The summed E-state index contributed by atoms with van der Waals surface area (Å²) in [6.45, 7) is 1.83. The molecule has 0 heterocycles. The van der Waals surface area contributed by atoms with Gasteiger partial charge in [0.15, 0.2) is 0 Å². The Kier molecular flexibility index (Phi) is 3.34. The van der Waals surface area contributed by atoms with Crippen LogP contribution in [0.5, 0.6) is 0 Å². The SMILES string of the molecule is CCOC(=O)C1(c2c(F)cccc2F)CC(N)C1. The quantitative estimate of drug-likeness (QED) is 0.839. The van der Waals surface area contributed by atoms with E-state index >= 15 is 0 Å². The van der Waals surface area contributed by atoms with Crippen molar-refractivity contribution in [2.24, 2.45) is 5.73 Å². The summed E-state index contributed by atoms with van der Waals surface area (Å²) in [5.74, 6) is -2.05. The van der Waals surface area contributed by atoms with Gasteiger partial charge in [-0.2, -0.15) is 0 Å². The lowest BCUT2D eigenvalue weighted by molar-refractivity contribution is -0.155. The monoisotopic (exact) mass is 255 g/mol. The maximum atomic E-state index is 13.8. The molecule has 0 unspecified atom stereocenters. The fourth-order valence-corrected chi connectivity index (χ4v) is 2.53. The van der Waals surface area contributed by atoms with Crippen molar-refractivity contribution >= 4 is 5.97 Å². The van der Waals surface area contributed by atoms with Gasteiger partial charge in [0.2, 0.25) is 0 Å². The zero-order valence-corrected chi connectivity index (χ0v) is 10.1. The first kappa shape index (κ1) is 13.0. The van der Waals surface area contributed by atoms with Crippen LogP contribution in [0.2, 0.25) is 0 Å². The normalized spacial score (nSPS) is 26.6. The average molecular weight is 255 g/mol. The van der Waals surface area contributed by atoms with Gasteiger partial charge in [-0.05, 0) is 31.9 Å².